The van der Waals surface area contributed by atoms with Gasteiger partial charge in [0.1, 0.15) is 0 Å². The van der Waals surface area contributed by atoms with Gasteiger partial charge in [0.15, 0.2) is 0 Å². The Hall–Kier alpha value is -1.84. The lowest BCUT2D eigenvalue weighted by molar-refractivity contribution is -0.137. The molecule has 1 atom stereocenters. The van der Waals surface area contributed by atoms with Crippen molar-refractivity contribution in [3.8, 4) is 0 Å². The van der Waals surface area contributed by atoms with E-state index in [4.69, 9.17) is 5.11 Å². The molecular formula is C14H16O4. The number of carbonyl (C=O) groups is 2. The van der Waals surface area contributed by atoms with Crippen LogP contribution in [0.25, 0.3) is 0 Å². The average molecular weight is 248 g/mol. The molecule has 0 unspecified atom stereocenters. The van der Waals surface area contributed by atoms with E-state index in [1.54, 1.807) is 12.1 Å². The van der Waals surface area contributed by atoms with Crippen molar-refractivity contribution in [2.75, 3.05) is 7.11 Å². The van der Waals surface area contributed by atoms with Crippen molar-refractivity contribution in [2.45, 2.75) is 31.6 Å². The summed E-state index contributed by atoms with van der Waals surface area (Å²) in [6, 6.07) is 5.44. The predicted molar refractivity (Wildman–Crippen MR) is 65.7 cm³/mol. The number of methoxy groups -OCH3 is 1. The second-order valence-corrected chi connectivity index (χ2v) is 4.59. The standard InChI is InChI=1S/C14H16O4/c1-18-14(17)11-6-5-9-3-2-4-10(8-13(15)16)12(9)7-11/h5-7,10H,2-4,8H2,1H3,(H,15,16)/t10-/m0/s1. The van der Waals surface area contributed by atoms with E-state index in [0.29, 0.717) is 5.56 Å². The van der Waals surface area contributed by atoms with E-state index in [9.17, 15) is 9.59 Å². The number of carboxylic acids is 1. The molecule has 0 saturated heterocycles. The molecule has 0 saturated carbocycles. The minimum Gasteiger partial charge on any atom is -0.481 e. The normalized spacial score (nSPS) is 17.9. The highest BCUT2D eigenvalue weighted by atomic mass is 16.5. The summed E-state index contributed by atoms with van der Waals surface area (Å²) in [6.07, 6.45) is 2.94. The number of hydrogen-bond acceptors (Lipinski definition) is 3. The minimum absolute atomic E-state index is 0.0101. The SMILES string of the molecule is COC(=O)c1ccc2c(c1)[C@H](CC(=O)O)CCC2. The Morgan fingerprint density at radius 2 is 2.22 bits per heavy atom. The van der Waals surface area contributed by atoms with E-state index < -0.39 is 5.97 Å². The van der Waals surface area contributed by atoms with Crippen molar-refractivity contribution in [3.05, 3.63) is 34.9 Å². The number of ether oxygens (including phenoxy) is 1. The first-order valence-electron chi connectivity index (χ1n) is 6.04. The summed E-state index contributed by atoms with van der Waals surface area (Å²) in [7, 11) is 1.34. The van der Waals surface area contributed by atoms with Crippen molar-refractivity contribution in [3.63, 3.8) is 0 Å². The van der Waals surface area contributed by atoms with Crippen molar-refractivity contribution in [1.82, 2.24) is 0 Å². The van der Waals surface area contributed by atoms with E-state index in [2.05, 4.69) is 4.74 Å². The van der Waals surface area contributed by atoms with Gasteiger partial charge in [-0.05, 0) is 48.4 Å². The summed E-state index contributed by atoms with van der Waals surface area (Å²) in [4.78, 5) is 22.4. The molecule has 1 aliphatic carbocycles. The fourth-order valence-corrected chi connectivity index (χ4v) is 2.56. The maximum absolute atomic E-state index is 11.5. The summed E-state index contributed by atoms with van der Waals surface area (Å²) in [5.74, 6) is -1.16. The quantitative estimate of drug-likeness (QED) is 0.834. The van der Waals surface area contributed by atoms with Crippen LogP contribution in [0.5, 0.6) is 0 Å². The number of benzene rings is 1. The molecule has 0 amide bonds. The van der Waals surface area contributed by atoms with Gasteiger partial charge >= 0.3 is 11.9 Å². The smallest absolute Gasteiger partial charge is 0.337 e. The molecule has 1 aromatic rings. The number of hydrogen-bond donors (Lipinski definition) is 1. The summed E-state index contributed by atoms with van der Waals surface area (Å²) >= 11 is 0. The second-order valence-electron chi connectivity index (χ2n) is 4.59. The van der Waals surface area contributed by atoms with Gasteiger partial charge in [0.2, 0.25) is 0 Å². The highest BCUT2D eigenvalue weighted by Gasteiger charge is 2.23. The fourth-order valence-electron chi connectivity index (χ4n) is 2.56. The molecule has 2 rings (SSSR count). The molecule has 0 radical (unpaired) electrons. The van der Waals surface area contributed by atoms with Crippen LogP contribution < -0.4 is 0 Å². The molecule has 4 nitrogen and oxygen atoms in total. The molecule has 96 valence electrons. The zero-order valence-corrected chi connectivity index (χ0v) is 10.3. The van der Waals surface area contributed by atoms with Crippen LogP contribution in [0.4, 0.5) is 0 Å². The number of fused-ring (bicyclic) bond motifs is 1. The summed E-state index contributed by atoms with van der Waals surface area (Å²) < 4.78 is 4.69. The van der Waals surface area contributed by atoms with Gasteiger partial charge in [-0.15, -0.1) is 0 Å². The van der Waals surface area contributed by atoms with E-state index in [0.717, 1.165) is 30.4 Å². The molecule has 18 heavy (non-hydrogen) atoms. The first-order valence-corrected chi connectivity index (χ1v) is 6.04. The Morgan fingerprint density at radius 1 is 1.44 bits per heavy atom. The third-order valence-corrected chi connectivity index (χ3v) is 3.43. The van der Waals surface area contributed by atoms with Gasteiger partial charge in [-0.2, -0.15) is 0 Å². The van der Waals surface area contributed by atoms with E-state index >= 15 is 0 Å². The minimum atomic E-state index is -0.795. The van der Waals surface area contributed by atoms with Gasteiger partial charge in [0.25, 0.3) is 0 Å². The van der Waals surface area contributed by atoms with Gasteiger partial charge in [-0.25, -0.2) is 4.79 Å². The van der Waals surface area contributed by atoms with Crippen LogP contribution in [0.1, 0.15) is 46.7 Å². The van der Waals surface area contributed by atoms with Crippen LogP contribution in [0.2, 0.25) is 0 Å². The van der Waals surface area contributed by atoms with Crippen LogP contribution >= 0.6 is 0 Å². The van der Waals surface area contributed by atoms with Crippen molar-refractivity contribution in [1.29, 1.82) is 0 Å². The van der Waals surface area contributed by atoms with E-state index in [-0.39, 0.29) is 18.3 Å². The van der Waals surface area contributed by atoms with Crippen LogP contribution in [-0.2, 0) is 16.0 Å². The zero-order chi connectivity index (χ0) is 13.1. The molecule has 0 aliphatic heterocycles. The third-order valence-electron chi connectivity index (χ3n) is 3.43. The first-order chi connectivity index (χ1) is 8.61. The number of esters is 1. The largest absolute Gasteiger partial charge is 0.481 e. The Bertz CT molecular complexity index is 479. The Morgan fingerprint density at radius 3 is 2.89 bits per heavy atom. The molecule has 0 heterocycles. The highest BCUT2D eigenvalue weighted by molar-refractivity contribution is 5.89. The van der Waals surface area contributed by atoms with Crippen molar-refractivity contribution >= 4 is 11.9 Å². The Balaban J connectivity index is 2.34. The number of carboxylic acid groups (broad SMARTS) is 1. The molecule has 0 aromatic heterocycles. The van der Waals surface area contributed by atoms with Gasteiger partial charge < -0.3 is 9.84 Å². The zero-order valence-electron chi connectivity index (χ0n) is 10.3. The van der Waals surface area contributed by atoms with E-state index in [1.807, 2.05) is 6.07 Å². The molecule has 0 spiro atoms. The Kier molecular flexibility index (Phi) is 3.65. The van der Waals surface area contributed by atoms with Crippen molar-refractivity contribution < 1.29 is 19.4 Å². The monoisotopic (exact) mass is 248 g/mol. The molecule has 1 aliphatic rings. The summed E-state index contributed by atoms with van der Waals surface area (Å²) in [5, 5.41) is 8.92. The number of carbonyl (C=O) groups excluding carboxylic acids is 1. The van der Waals surface area contributed by atoms with Gasteiger partial charge in [0, 0.05) is 0 Å². The molecule has 4 heteroatoms. The maximum atomic E-state index is 11.5. The number of aryl methyl sites for hydroxylation is 1. The molecule has 1 aromatic carbocycles. The van der Waals surface area contributed by atoms with E-state index in [1.165, 1.54) is 7.11 Å². The van der Waals surface area contributed by atoms with Crippen LogP contribution in [-0.4, -0.2) is 24.2 Å². The summed E-state index contributed by atoms with van der Waals surface area (Å²) in [6.45, 7) is 0. The fraction of sp³-hybridized carbons (Fsp3) is 0.429. The molecule has 1 N–H and O–H groups in total. The lowest BCUT2D eigenvalue weighted by Crippen LogP contribution is -2.15. The molecule has 0 bridgehead atoms. The van der Waals surface area contributed by atoms with Gasteiger partial charge in [0.05, 0.1) is 19.1 Å². The van der Waals surface area contributed by atoms with Crippen molar-refractivity contribution in [2.24, 2.45) is 0 Å². The first kappa shape index (κ1) is 12.6. The van der Waals surface area contributed by atoms with Crippen LogP contribution in [0.15, 0.2) is 18.2 Å². The number of aliphatic carboxylic acids is 1. The predicted octanol–water partition coefficient (Wildman–Crippen LogP) is 2.37. The third kappa shape index (κ3) is 2.53. The van der Waals surface area contributed by atoms with Gasteiger partial charge in [-0.1, -0.05) is 6.07 Å². The average Bonchev–Trinajstić information content (AvgIpc) is 2.37. The van der Waals surface area contributed by atoms with Gasteiger partial charge in [-0.3, -0.25) is 4.79 Å². The lowest BCUT2D eigenvalue weighted by atomic mass is 9.80. The lowest BCUT2D eigenvalue weighted by Gasteiger charge is -2.24. The second kappa shape index (κ2) is 5.21. The number of rotatable bonds is 3. The topological polar surface area (TPSA) is 63.6 Å². The maximum Gasteiger partial charge on any atom is 0.337 e. The van der Waals surface area contributed by atoms with Crippen LogP contribution in [0, 0.1) is 0 Å². The van der Waals surface area contributed by atoms with Crippen LogP contribution in [0.3, 0.4) is 0 Å². The Labute approximate surface area is 106 Å². The summed E-state index contributed by atoms with van der Waals surface area (Å²) in [5.41, 5.74) is 2.64. The molecule has 0 fully saturated rings. The highest BCUT2D eigenvalue weighted by Crippen LogP contribution is 2.34. The molecular weight excluding hydrogens is 232 g/mol.